The average Bonchev–Trinajstić information content (AvgIpc) is 2.44. The van der Waals surface area contributed by atoms with Crippen LogP contribution in [0.25, 0.3) is 0 Å². The highest BCUT2D eigenvalue weighted by Crippen LogP contribution is 2.29. The van der Waals surface area contributed by atoms with Gasteiger partial charge in [-0.05, 0) is 25.5 Å². The fourth-order valence-electron chi connectivity index (χ4n) is 1.62. The summed E-state index contributed by atoms with van der Waals surface area (Å²) in [7, 11) is 1.54. The number of hydrogen-bond donors (Lipinski definition) is 1. The topological polar surface area (TPSA) is 65.0 Å². The van der Waals surface area contributed by atoms with Gasteiger partial charge < -0.3 is 19.3 Å². The van der Waals surface area contributed by atoms with Crippen molar-refractivity contribution < 1.29 is 24.1 Å². The Kier molecular flexibility index (Phi) is 6.87. The van der Waals surface area contributed by atoms with Gasteiger partial charge in [0.25, 0.3) is 0 Å². The summed E-state index contributed by atoms with van der Waals surface area (Å²) >= 11 is 0. The third-order valence-electron chi connectivity index (χ3n) is 2.78. The summed E-state index contributed by atoms with van der Waals surface area (Å²) in [4.78, 5) is 11.5. The quantitative estimate of drug-likeness (QED) is 0.586. The van der Waals surface area contributed by atoms with Crippen molar-refractivity contribution in [2.45, 2.75) is 32.8 Å². The van der Waals surface area contributed by atoms with Crippen LogP contribution in [0.3, 0.4) is 0 Å². The summed E-state index contributed by atoms with van der Waals surface area (Å²) < 4.78 is 15.5. The molecule has 0 aliphatic heterocycles. The van der Waals surface area contributed by atoms with E-state index in [1.54, 1.807) is 32.2 Å². The largest absolute Gasteiger partial charge is 0.497 e. The van der Waals surface area contributed by atoms with Gasteiger partial charge >= 0.3 is 5.97 Å². The molecular weight excluding hydrogens is 260 g/mol. The van der Waals surface area contributed by atoms with Crippen molar-refractivity contribution in [1.29, 1.82) is 0 Å². The van der Waals surface area contributed by atoms with Gasteiger partial charge in [0.1, 0.15) is 11.5 Å². The van der Waals surface area contributed by atoms with Crippen molar-refractivity contribution >= 4 is 5.97 Å². The Labute approximate surface area is 119 Å². The highest BCUT2D eigenvalue weighted by Gasteiger charge is 2.12. The Balaban J connectivity index is 2.63. The molecule has 0 heterocycles. The first kappa shape index (κ1) is 16.3. The summed E-state index contributed by atoms with van der Waals surface area (Å²) in [6, 6.07) is 5.08. The van der Waals surface area contributed by atoms with Crippen molar-refractivity contribution in [3.63, 3.8) is 0 Å². The first-order chi connectivity index (χ1) is 9.58. The number of unbranched alkanes of at least 4 members (excludes halogenated alkanes) is 1. The molecule has 0 saturated carbocycles. The number of aliphatic hydroxyl groups is 1. The molecule has 20 heavy (non-hydrogen) atoms. The number of aliphatic hydroxyl groups excluding tert-OH is 1. The third kappa shape index (κ3) is 5.09. The molecule has 0 spiro atoms. The molecule has 0 fully saturated rings. The lowest BCUT2D eigenvalue weighted by molar-refractivity contribution is -0.146. The smallest absolute Gasteiger partial charge is 0.344 e. The summed E-state index contributed by atoms with van der Waals surface area (Å²) in [5.74, 6) is 0.605. The average molecular weight is 282 g/mol. The minimum Gasteiger partial charge on any atom is -0.497 e. The summed E-state index contributed by atoms with van der Waals surface area (Å²) in [5, 5.41) is 9.67. The maximum atomic E-state index is 11.5. The Morgan fingerprint density at radius 2 is 2.15 bits per heavy atom. The van der Waals surface area contributed by atoms with Crippen LogP contribution in [0.5, 0.6) is 11.5 Å². The van der Waals surface area contributed by atoms with Gasteiger partial charge in [-0.25, -0.2) is 4.79 Å². The van der Waals surface area contributed by atoms with Gasteiger partial charge in [-0.15, -0.1) is 0 Å². The van der Waals surface area contributed by atoms with Gasteiger partial charge in [0.05, 0.1) is 19.8 Å². The number of carbonyl (C=O) groups excluding carboxylic acids is 1. The number of methoxy groups -OCH3 is 1. The molecule has 1 N–H and O–H groups in total. The van der Waals surface area contributed by atoms with Crippen LogP contribution in [0.4, 0.5) is 0 Å². The Bertz CT molecular complexity index is 428. The van der Waals surface area contributed by atoms with Gasteiger partial charge in [0, 0.05) is 11.6 Å². The molecule has 0 aliphatic carbocycles. The molecule has 112 valence electrons. The van der Waals surface area contributed by atoms with Crippen LogP contribution in [0, 0.1) is 0 Å². The van der Waals surface area contributed by atoms with Gasteiger partial charge in [0.15, 0.2) is 6.61 Å². The van der Waals surface area contributed by atoms with E-state index in [1.807, 2.05) is 6.92 Å². The van der Waals surface area contributed by atoms with E-state index in [4.69, 9.17) is 14.2 Å². The number of rotatable bonds is 8. The maximum Gasteiger partial charge on any atom is 0.344 e. The van der Waals surface area contributed by atoms with Crippen molar-refractivity contribution in [3.05, 3.63) is 23.8 Å². The molecular formula is C15H22O5. The number of ether oxygens (including phenoxy) is 3. The van der Waals surface area contributed by atoms with Crippen molar-refractivity contribution in [3.8, 4) is 11.5 Å². The molecule has 1 aromatic rings. The van der Waals surface area contributed by atoms with Crippen molar-refractivity contribution in [1.82, 2.24) is 0 Å². The maximum absolute atomic E-state index is 11.5. The Morgan fingerprint density at radius 3 is 2.75 bits per heavy atom. The number of hydrogen-bond acceptors (Lipinski definition) is 5. The molecule has 0 aliphatic rings. The molecule has 5 heteroatoms. The van der Waals surface area contributed by atoms with Crippen LogP contribution in [-0.2, 0) is 9.53 Å². The molecule has 0 unspecified atom stereocenters. The first-order valence-corrected chi connectivity index (χ1v) is 6.73. The van der Waals surface area contributed by atoms with Crippen molar-refractivity contribution in [2.75, 3.05) is 20.3 Å². The number of carbonyl (C=O) groups is 1. The molecule has 5 nitrogen and oxygen atoms in total. The van der Waals surface area contributed by atoms with Gasteiger partial charge in [-0.3, -0.25) is 0 Å². The summed E-state index contributed by atoms with van der Waals surface area (Å²) in [6.45, 7) is 3.88. The molecule has 1 rings (SSSR count). The molecule has 0 radical (unpaired) electrons. The molecule has 0 aromatic heterocycles. The lowest BCUT2D eigenvalue weighted by Gasteiger charge is -2.14. The van der Waals surface area contributed by atoms with E-state index < -0.39 is 12.1 Å². The second-order valence-corrected chi connectivity index (χ2v) is 4.44. The van der Waals surface area contributed by atoms with Crippen LogP contribution in [0.1, 0.15) is 38.4 Å². The van der Waals surface area contributed by atoms with Gasteiger partial charge in [-0.1, -0.05) is 13.3 Å². The van der Waals surface area contributed by atoms with Crippen LogP contribution in [0.15, 0.2) is 18.2 Å². The highest BCUT2D eigenvalue weighted by molar-refractivity contribution is 5.71. The Morgan fingerprint density at radius 1 is 1.40 bits per heavy atom. The van der Waals surface area contributed by atoms with Crippen LogP contribution >= 0.6 is 0 Å². The first-order valence-electron chi connectivity index (χ1n) is 6.73. The van der Waals surface area contributed by atoms with Crippen molar-refractivity contribution in [2.24, 2.45) is 0 Å². The number of esters is 1. The third-order valence-corrected chi connectivity index (χ3v) is 2.78. The lowest BCUT2D eigenvalue weighted by atomic mass is 10.1. The minimum atomic E-state index is -0.688. The minimum absolute atomic E-state index is 0.184. The zero-order valence-corrected chi connectivity index (χ0v) is 12.2. The standard InChI is InChI=1S/C15H22O5/c1-4-5-8-19-15(17)10-20-14-9-12(18-3)6-7-13(14)11(2)16/h6-7,9,11,16H,4-5,8,10H2,1-3H3/t11-/m0/s1. The zero-order valence-electron chi connectivity index (χ0n) is 12.2. The predicted octanol–water partition coefficient (Wildman–Crippen LogP) is 2.47. The highest BCUT2D eigenvalue weighted by atomic mass is 16.6. The molecule has 0 bridgehead atoms. The van der Waals surface area contributed by atoms with E-state index in [9.17, 15) is 9.90 Å². The predicted molar refractivity (Wildman–Crippen MR) is 75.0 cm³/mol. The fraction of sp³-hybridized carbons (Fsp3) is 0.533. The van der Waals surface area contributed by atoms with E-state index in [1.165, 1.54) is 0 Å². The summed E-state index contributed by atoms with van der Waals surface area (Å²) in [6.07, 6.45) is 1.12. The summed E-state index contributed by atoms with van der Waals surface area (Å²) in [5.41, 5.74) is 0.604. The van der Waals surface area contributed by atoms with Gasteiger partial charge in [0.2, 0.25) is 0 Å². The van der Waals surface area contributed by atoms with E-state index in [-0.39, 0.29) is 6.61 Å². The molecule has 0 saturated heterocycles. The fourth-order valence-corrected chi connectivity index (χ4v) is 1.62. The monoisotopic (exact) mass is 282 g/mol. The molecule has 0 amide bonds. The van der Waals surface area contributed by atoms with Crippen LogP contribution in [-0.4, -0.2) is 31.4 Å². The second kappa shape index (κ2) is 8.43. The SMILES string of the molecule is CCCCOC(=O)COc1cc(OC)ccc1[C@H](C)O. The lowest BCUT2D eigenvalue weighted by Crippen LogP contribution is -2.16. The van der Waals surface area contributed by atoms with E-state index in [0.29, 0.717) is 23.7 Å². The molecule has 1 aromatic carbocycles. The van der Waals surface area contributed by atoms with E-state index >= 15 is 0 Å². The number of benzene rings is 1. The van der Waals surface area contributed by atoms with Gasteiger partial charge in [-0.2, -0.15) is 0 Å². The van der Waals surface area contributed by atoms with Crippen LogP contribution in [0.2, 0.25) is 0 Å². The van der Waals surface area contributed by atoms with E-state index in [0.717, 1.165) is 12.8 Å². The molecule has 1 atom stereocenters. The second-order valence-electron chi connectivity index (χ2n) is 4.44. The van der Waals surface area contributed by atoms with Crippen LogP contribution < -0.4 is 9.47 Å². The van der Waals surface area contributed by atoms with E-state index in [2.05, 4.69) is 0 Å². The normalized spacial score (nSPS) is 11.8. The Hall–Kier alpha value is -1.75. The zero-order chi connectivity index (χ0) is 15.0.